The molecule has 0 amide bonds. The van der Waals surface area contributed by atoms with Crippen LogP contribution in [0.2, 0.25) is 5.02 Å². The molecule has 2 heterocycles. The quantitative estimate of drug-likeness (QED) is 0.925. The number of thiazole rings is 1. The maximum atomic E-state index is 6.12. The molecule has 1 aliphatic rings. The van der Waals surface area contributed by atoms with Crippen molar-refractivity contribution in [3.63, 3.8) is 0 Å². The Bertz CT molecular complexity index is 598. The molecule has 6 heteroatoms. The first kappa shape index (κ1) is 12.6. The normalized spacial score (nSPS) is 14.6. The van der Waals surface area contributed by atoms with Crippen LogP contribution < -0.4 is 15.5 Å². The average molecular weight is 295 g/mol. The van der Waals surface area contributed by atoms with Gasteiger partial charge in [0.2, 0.25) is 0 Å². The Hall–Kier alpha value is -1.46. The fraction of sp³-hybridized carbons (Fsp3) is 0.308. The van der Waals surface area contributed by atoms with Gasteiger partial charge < -0.3 is 15.5 Å². The molecule has 1 aromatic heterocycles. The van der Waals surface area contributed by atoms with Gasteiger partial charge in [0.05, 0.1) is 17.9 Å². The lowest BCUT2D eigenvalue weighted by atomic mass is 10.1. The monoisotopic (exact) mass is 294 g/mol. The third-order valence-corrected chi connectivity index (χ3v) is 4.36. The summed E-state index contributed by atoms with van der Waals surface area (Å²) in [4.78, 5) is 9.86. The maximum absolute atomic E-state index is 6.12. The van der Waals surface area contributed by atoms with Crippen LogP contribution >= 0.6 is 22.9 Å². The largest absolute Gasteiger partial charge is 0.375 e. The van der Waals surface area contributed by atoms with Crippen LogP contribution in [0.1, 0.15) is 4.88 Å². The number of hydrogen-bond donors (Lipinski definition) is 1. The molecule has 0 saturated heterocycles. The number of fused-ring (bicyclic) bond motifs is 1. The van der Waals surface area contributed by atoms with Crippen LogP contribution in [0.3, 0.4) is 0 Å². The van der Waals surface area contributed by atoms with E-state index in [2.05, 4.69) is 27.9 Å². The first-order chi connectivity index (χ1) is 9.13. The van der Waals surface area contributed by atoms with Gasteiger partial charge in [0, 0.05) is 36.2 Å². The topological polar surface area (TPSA) is 45.4 Å². The Morgan fingerprint density at radius 2 is 2.21 bits per heavy atom. The lowest BCUT2D eigenvalue weighted by Gasteiger charge is -2.36. The maximum Gasteiger partial charge on any atom is 0.180 e. The van der Waals surface area contributed by atoms with Crippen LogP contribution in [-0.4, -0.2) is 25.1 Å². The molecule has 0 saturated carbocycles. The second-order valence-electron chi connectivity index (χ2n) is 4.64. The number of hydrogen-bond acceptors (Lipinski definition) is 5. The Kier molecular flexibility index (Phi) is 3.24. The Labute approximate surface area is 121 Å². The first-order valence-electron chi connectivity index (χ1n) is 6.09. The molecule has 0 aliphatic carbocycles. The van der Waals surface area contributed by atoms with Gasteiger partial charge in [-0.2, -0.15) is 0 Å². The molecule has 0 spiro atoms. The van der Waals surface area contributed by atoms with Crippen LogP contribution in [-0.2, 0) is 6.54 Å². The summed E-state index contributed by atoms with van der Waals surface area (Å²) in [6, 6.07) is 6.03. The van der Waals surface area contributed by atoms with Gasteiger partial charge in [-0.05, 0) is 18.2 Å². The summed E-state index contributed by atoms with van der Waals surface area (Å²) in [6.45, 7) is 2.81. The zero-order chi connectivity index (χ0) is 13.4. The van der Waals surface area contributed by atoms with Crippen molar-refractivity contribution in [1.29, 1.82) is 0 Å². The summed E-state index contributed by atoms with van der Waals surface area (Å²) >= 11 is 7.66. The predicted molar refractivity (Wildman–Crippen MR) is 82.3 cm³/mol. The number of halogens is 1. The molecule has 100 valence electrons. The summed E-state index contributed by atoms with van der Waals surface area (Å²) < 4.78 is 0. The van der Waals surface area contributed by atoms with Crippen molar-refractivity contribution in [2.75, 3.05) is 35.7 Å². The molecule has 0 radical (unpaired) electrons. The van der Waals surface area contributed by atoms with E-state index in [0.29, 0.717) is 5.13 Å². The number of nitrogens with zero attached hydrogens (tertiary/aromatic N) is 3. The molecule has 0 unspecified atom stereocenters. The number of aromatic nitrogens is 1. The highest BCUT2D eigenvalue weighted by atomic mass is 35.5. The van der Waals surface area contributed by atoms with Gasteiger partial charge in [-0.15, -0.1) is 11.3 Å². The van der Waals surface area contributed by atoms with Crippen molar-refractivity contribution < 1.29 is 0 Å². The third-order valence-electron chi connectivity index (χ3n) is 3.31. The Balaban J connectivity index is 1.92. The van der Waals surface area contributed by atoms with E-state index < -0.39 is 0 Å². The zero-order valence-corrected chi connectivity index (χ0v) is 12.2. The van der Waals surface area contributed by atoms with E-state index in [-0.39, 0.29) is 0 Å². The van der Waals surface area contributed by atoms with E-state index in [1.165, 1.54) is 27.6 Å². The molecule has 1 aliphatic heterocycles. The van der Waals surface area contributed by atoms with Crippen molar-refractivity contribution in [2.24, 2.45) is 0 Å². The van der Waals surface area contributed by atoms with Crippen molar-refractivity contribution >= 4 is 39.4 Å². The van der Waals surface area contributed by atoms with Crippen LogP contribution in [0, 0.1) is 0 Å². The van der Waals surface area contributed by atoms with Crippen molar-refractivity contribution in [3.8, 4) is 0 Å². The molecule has 0 fully saturated rings. The highest BCUT2D eigenvalue weighted by molar-refractivity contribution is 7.15. The predicted octanol–water partition coefficient (Wildman–Crippen LogP) is 2.84. The smallest absolute Gasteiger partial charge is 0.180 e. The van der Waals surface area contributed by atoms with Crippen molar-refractivity contribution in [1.82, 2.24) is 4.98 Å². The molecule has 2 aromatic rings. The number of benzene rings is 1. The van der Waals surface area contributed by atoms with Crippen LogP contribution in [0.5, 0.6) is 0 Å². The highest BCUT2D eigenvalue weighted by Crippen LogP contribution is 2.35. The molecule has 0 bridgehead atoms. The lowest BCUT2D eigenvalue weighted by molar-refractivity contribution is 0.739. The van der Waals surface area contributed by atoms with Crippen LogP contribution in [0.15, 0.2) is 24.4 Å². The molecular formula is C13H15ClN4S. The van der Waals surface area contributed by atoms with Gasteiger partial charge in [0.25, 0.3) is 0 Å². The van der Waals surface area contributed by atoms with E-state index in [9.17, 15) is 0 Å². The van der Waals surface area contributed by atoms with Crippen molar-refractivity contribution in [3.05, 3.63) is 34.3 Å². The first-order valence-corrected chi connectivity index (χ1v) is 7.29. The molecule has 4 nitrogen and oxygen atoms in total. The van der Waals surface area contributed by atoms with Crippen LogP contribution in [0.25, 0.3) is 0 Å². The summed E-state index contributed by atoms with van der Waals surface area (Å²) in [5.41, 5.74) is 8.07. The number of anilines is 3. The molecular weight excluding hydrogens is 280 g/mol. The van der Waals surface area contributed by atoms with Gasteiger partial charge >= 0.3 is 0 Å². The summed E-state index contributed by atoms with van der Waals surface area (Å²) in [5, 5.41) is 1.39. The van der Waals surface area contributed by atoms with E-state index in [1.54, 1.807) is 0 Å². The standard InChI is InChI=1S/C13H15ClN4S/c1-17-4-5-18(8-10-7-16-13(15)19-10)12-6-9(14)2-3-11(12)17/h2-3,6-7H,4-5,8H2,1H3,(H2,15,16). The van der Waals surface area contributed by atoms with Gasteiger partial charge in [0.1, 0.15) is 0 Å². The second-order valence-corrected chi connectivity index (χ2v) is 6.22. The zero-order valence-electron chi connectivity index (χ0n) is 10.6. The number of likely N-dealkylation sites (N-methyl/N-ethyl adjacent to an activating group) is 1. The molecule has 1 aromatic carbocycles. The lowest BCUT2D eigenvalue weighted by Crippen LogP contribution is -2.38. The van der Waals surface area contributed by atoms with E-state index >= 15 is 0 Å². The van der Waals surface area contributed by atoms with Gasteiger partial charge in [-0.1, -0.05) is 11.6 Å². The third kappa shape index (κ3) is 2.48. The van der Waals surface area contributed by atoms with E-state index in [4.69, 9.17) is 17.3 Å². The van der Waals surface area contributed by atoms with Gasteiger partial charge in [-0.25, -0.2) is 4.98 Å². The summed E-state index contributed by atoms with van der Waals surface area (Å²) in [7, 11) is 2.11. The Morgan fingerprint density at radius 3 is 2.95 bits per heavy atom. The number of nitrogens with two attached hydrogens (primary N) is 1. The van der Waals surface area contributed by atoms with Gasteiger partial charge in [0.15, 0.2) is 5.13 Å². The summed E-state index contributed by atoms with van der Waals surface area (Å²) in [5.74, 6) is 0. The van der Waals surface area contributed by atoms with E-state index in [1.807, 2.05) is 18.3 Å². The molecule has 0 atom stereocenters. The average Bonchev–Trinajstić information content (AvgIpc) is 2.78. The minimum Gasteiger partial charge on any atom is -0.375 e. The molecule has 3 rings (SSSR count). The minimum absolute atomic E-state index is 0.621. The molecule has 2 N–H and O–H groups in total. The Morgan fingerprint density at radius 1 is 1.37 bits per heavy atom. The fourth-order valence-electron chi connectivity index (χ4n) is 2.33. The van der Waals surface area contributed by atoms with Crippen molar-refractivity contribution in [2.45, 2.75) is 6.54 Å². The number of nitrogen functional groups attached to an aromatic ring is 1. The SMILES string of the molecule is CN1CCN(Cc2cnc(N)s2)c2cc(Cl)ccc21. The summed E-state index contributed by atoms with van der Waals surface area (Å²) in [6.07, 6.45) is 1.85. The van der Waals surface area contributed by atoms with Crippen LogP contribution in [0.4, 0.5) is 16.5 Å². The van der Waals surface area contributed by atoms with Gasteiger partial charge in [-0.3, -0.25) is 0 Å². The second kappa shape index (κ2) is 4.90. The fourth-order valence-corrected chi connectivity index (χ4v) is 3.20. The highest BCUT2D eigenvalue weighted by Gasteiger charge is 2.21. The van der Waals surface area contributed by atoms with E-state index in [0.717, 1.165) is 24.7 Å². The number of rotatable bonds is 2. The minimum atomic E-state index is 0.621. The molecule has 19 heavy (non-hydrogen) atoms.